The van der Waals surface area contributed by atoms with Gasteiger partial charge in [0.1, 0.15) is 5.82 Å². The first-order valence-corrected chi connectivity index (χ1v) is 10.8. The Bertz CT molecular complexity index is 799. The number of likely N-dealkylation sites (tertiary alicyclic amines) is 1. The van der Waals surface area contributed by atoms with Crippen LogP contribution < -0.4 is 0 Å². The lowest BCUT2D eigenvalue weighted by Crippen LogP contribution is -2.62. The third-order valence-corrected chi connectivity index (χ3v) is 9.08. The van der Waals surface area contributed by atoms with Crippen LogP contribution in [0, 0.1) is 52.2 Å². The molecule has 1 saturated heterocycles. The normalized spacial score (nSPS) is 38.1. The molecule has 1 amide bonds. The molecule has 0 spiro atoms. The number of hydrogen-bond donors (Lipinski definition) is 0. The van der Waals surface area contributed by atoms with Gasteiger partial charge in [-0.25, -0.2) is 4.39 Å². The summed E-state index contributed by atoms with van der Waals surface area (Å²) >= 11 is 0. The Labute approximate surface area is 166 Å². The molecule has 5 fully saturated rings. The largest absolute Gasteiger partial charge is 0.340 e. The summed E-state index contributed by atoms with van der Waals surface area (Å²) in [4.78, 5) is 15.0. The van der Waals surface area contributed by atoms with Gasteiger partial charge in [-0.1, -0.05) is 26.0 Å². The molecule has 0 unspecified atom stereocenters. The summed E-state index contributed by atoms with van der Waals surface area (Å²) < 4.78 is 13.7. The van der Waals surface area contributed by atoms with Crippen LogP contribution in [0.3, 0.4) is 0 Å². The van der Waals surface area contributed by atoms with E-state index in [9.17, 15) is 9.18 Å². The van der Waals surface area contributed by atoms with Crippen molar-refractivity contribution < 1.29 is 9.18 Å². The van der Waals surface area contributed by atoms with E-state index in [4.69, 9.17) is 5.26 Å². The number of carbonyl (C=O) groups is 1. The highest BCUT2D eigenvalue weighted by Crippen LogP contribution is 2.69. The number of halogens is 1. The van der Waals surface area contributed by atoms with Crippen molar-refractivity contribution in [3.05, 3.63) is 35.6 Å². The predicted octanol–water partition coefficient (Wildman–Crippen LogP) is 4.53. The first kappa shape index (κ1) is 18.2. The van der Waals surface area contributed by atoms with Crippen molar-refractivity contribution in [1.82, 2.24) is 4.90 Å². The van der Waals surface area contributed by atoms with Crippen LogP contribution in [0.2, 0.25) is 0 Å². The first-order valence-electron chi connectivity index (χ1n) is 10.8. The van der Waals surface area contributed by atoms with Gasteiger partial charge in [-0.2, -0.15) is 5.26 Å². The summed E-state index contributed by atoms with van der Waals surface area (Å²) in [6, 6.07) is 9.25. The average Bonchev–Trinajstić information content (AvgIpc) is 2.59. The molecule has 4 aliphatic carbocycles. The van der Waals surface area contributed by atoms with E-state index in [1.807, 2.05) is 17.0 Å². The zero-order valence-corrected chi connectivity index (χ0v) is 16.8. The van der Waals surface area contributed by atoms with Gasteiger partial charge in [-0.05, 0) is 72.5 Å². The summed E-state index contributed by atoms with van der Waals surface area (Å²) in [6.07, 6.45) is 5.26. The summed E-state index contributed by atoms with van der Waals surface area (Å²) in [5.74, 6) is 2.45. The first-order chi connectivity index (χ1) is 13.3. The summed E-state index contributed by atoms with van der Waals surface area (Å²) in [5.41, 5.74) is 1.40. The molecule has 4 heteroatoms. The van der Waals surface area contributed by atoms with E-state index < -0.39 is 0 Å². The van der Waals surface area contributed by atoms with E-state index in [1.54, 1.807) is 12.1 Å². The van der Waals surface area contributed by atoms with Crippen molar-refractivity contribution in [1.29, 1.82) is 5.26 Å². The molecule has 1 aliphatic heterocycles. The topological polar surface area (TPSA) is 44.1 Å². The smallest absolute Gasteiger partial charge is 0.223 e. The Hall–Kier alpha value is -1.89. The molecule has 4 bridgehead atoms. The molecule has 6 rings (SSSR count). The third-order valence-electron chi connectivity index (χ3n) is 9.08. The molecule has 28 heavy (non-hydrogen) atoms. The molecule has 148 valence electrons. The second kappa shape index (κ2) is 6.05. The monoisotopic (exact) mass is 380 g/mol. The quantitative estimate of drug-likeness (QED) is 0.773. The minimum atomic E-state index is -0.213. The molecular formula is C24H29FN2O. The van der Waals surface area contributed by atoms with Crippen LogP contribution in [0.5, 0.6) is 0 Å². The fraction of sp³-hybridized carbons (Fsp3) is 0.667. The van der Waals surface area contributed by atoms with Crippen molar-refractivity contribution in [2.45, 2.75) is 51.4 Å². The van der Waals surface area contributed by atoms with Gasteiger partial charge in [-0.15, -0.1) is 0 Å². The van der Waals surface area contributed by atoms with Gasteiger partial charge in [0, 0.05) is 24.9 Å². The standard InChI is InChI=1S/C24H29FN2O/c1-23(2)17-7-19-9-18(23)10-20(8-17)24(19,16-3-5-21(25)6-4-16)11-22(28)27-13-15(12-26)14-27/h3-6,15,17-20H,7-11,13-14H2,1-2H3. The molecule has 0 atom stereocenters. The van der Waals surface area contributed by atoms with E-state index >= 15 is 0 Å². The second-order valence-corrected chi connectivity index (χ2v) is 10.4. The average molecular weight is 381 g/mol. The highest BCUT2D eigenvalue weighted by molar-refractivity contribution is 5.79. The number of rotatable bonds is 3. The summed E-state index contributed by atoms with van der Waals surface area (Å²) in [7, 11) is 0. The molecular weight excluding hydrogens is 351 g/mol. The van der Waals surface area contributed by atoms with Gasteiger partial charge < -0.3 is 4.90 Å². The molecule has 0 radical (unpaired) electrons. The zero-order valence-electron chi connectivity index (χ0n) is 16.8. The molecule has 0 aromatic heterocycles. The lowest BCUT2D eigenvalue weighted by Gasteiger charge is -2.67. The summed E-state index contributed by atoms with van der Waals surface area (Å²) in [5, 5.41) is 9.05. The van der Waals surface area contributed by atoms with Crippen molar-refractivity contribution in [2.75, 3.05) is 13.1 Å². The highest BCUT2D eigenvalue weighted by Gasteiger charge is 2.63. The van der Waals surface area contributed by atoms with Gasteiger partial charge in [0.2, 0.25) is 5.91 Å². The van der Waals surface area contributed by atoms with Crippen molar-refractivity contribution in [3.8, 4) is 6.07 Å². The van der Waals surface area contributed by atoms with Gasteiger partial charge in [0.25, 0.3) is 0 Å². The fourth-order valence-corrected chi connectivity index (χ4v) is 7.23. The Balaban J connectivity index is 1.50. The number of hydrogen-bond acceptors (Lipinski definition) is 2. The second-order valence-electron chi connectivity index (χ2n) is 10.4. The van der Waals surface area contributed by atoms with Gasteiger partial charge in [0.15, 0.2) is 0 Å². The van der Waals surface area contributed by atoms with Gasteiger partial charge in [0.05, 0.1) is 12.0 Å². The molecule has 1 aromatic rings. The van der Waals surface area contributed by atoms with Crippen LogP contribution >= 0.6 is 0 Å². The van der Waals surface area contributed by atoms with E-state index in [0.29, 0.717) is 36.8 Å². The molecule has 1 heterocycles. The van der Waals surface area contributed by atoms with E-state index in [-0.39, 0.29) is 23.1 Å². The Morgan fingerprint density at radius 3 is 2.11 bits per heavy atom. The van der Waals surface area contributed by atoms with Gasteiger partial charge >= 0.3 is 0 Å². The van der Waals surface area contributed by atoms with E-state index in [2.05, 4.69) is 19.9 Å². The van der Waals surface area contributed by atoms with E-state index in [1.165, 1.54) is 25.7 Å². The van der Waals surface area contributed by atoms with Gasteiger partial charge in [-0.3, -0.25) is 4.79 Å². The Morgan fingerprint density at radius 2 is 1.61 bits per heavy atom. The molecule has 3 nitrogen and oxygen atoms in total. The predicted molar refractivity (Wildman–Crippen MR) is 105 cm³/mol. The molecule has 5 aliphatic rings. The Morgan fingerprint density at radius 1 is 1.07 bits per heavy atom. The van der Waals surface area contributed by atoms with E-state index in [0.717, 1.165) is 17.4 Å². The SMILES string of the molecule is CC1(C)C2CC3CC1CC(C2)C3(CC(=O)N1CC(C#N)C1)c1ccc(F)cc1. The van der Waals surface area contributed by atoms with Crippen LogP contribution in [0.1, 0.15) is 51.5 Å². The number of nitrogens with zero attached hydrogens (tertiary/aromatic N) is 2. The lowest BCUT2D eigenvalue weighted by atomic mass is 9.37. The third kappa shape index (κ3) is 2.41. The maximum atomic E-state index is 13.7. The van der Waals surface area contributed by atoms with Crippen LogP contribution in [-0.4, -0.2) is 23.9 Å². The highest BCUT2D eigenvalue weighted by atomic mass is 19.1. The maximum absolute atomic E-state index is 13.7. The lowest BCUT2D eigenvalue weighted by molar-refractivity contribution is -0.157. The summed E-state index contributed by atoms with van der Waals surface area (Å²) in [6.45, 7) is 6.02. The Kier molecular flexibility index (Phi) is 3.92. The number of carbonyl (C=O) groups excluding carboxylic acids is 1. The van der Waals surface area contributed by atoms with Crippen LogP contribution in [0.15, 0.2) is 24.3 Å². The van der Waals surface area contributed by atoms with Crippen molar-refractivity contribution in [3.63, 3.8) is 0 Å². The molecule has 1 aromatic carbocycles. The maximum Gasteiger partial charge on any atom is 0.223 e. The fourth-order valence-electron chi connectivity index (χ4n) is 7.23. The minimum absolute atomic E-state index is 0.00924. The molecule has 0 N–H and O–H groups in total. The molecule has 4 saturated carbocycles. The number of nitriles is 1. The zero-order chi connectivity index (χ0) is 19.7. The number of amides is 1. The van der Waals surface area contributed by atoms with Crippen LogP contribution in [0.25, 0.3) is 0 Å². The van der Waals surface area contributed by atoms with Crippen molar-refractivity contribution in [2.24, 2.45) is 35.0 Å². The number of benzene rings is 1. The van der Waals surface area contributed by atoms with Crippen molar-refractivity contribution >= 4 is 5.91 Å². The van der Waals surface area contributed by atoms with Crippen LogP contribution in [0.4, 0.5) is 4.39 Å². The van der Waals surface area contributed by atoms with Crippen LogP contribution in [-0.2, 0) is 10.2 Å². The minimum Gasteiger partial charge on any atom is -0.340 e.